The highest BCUT2D eigenvalue weighted by molar-refractivity contribution is 9.10. The highest BCUT2D eigenvalue weighted by Gasteiger charge is 2.20. The maximum atomic E-state index is 6.01. The molecule has 1 unspecified atom stereocenters. The molecule has 1 fully saturated rings. The van der Waals surface area contributed by atoms with Crippen molar-refractivity contribution in [1.82, 2.24) is 10.6 Å². The van der Waals surface area contributed by atoms with Crippen LogP contribution < -0.4 is 10.6 Å². The van der Waals surface area contributed by atoms with Crippen LogP contribution in [-0.2, 0) is 6.54 Å². The average Bonchev–Trinajstić information content (AvgIpc) is 3.06. The number of nitrogens with one attached hydrogen (secondary N) is 2. The van der Waals surface area contributed by atoms with Crippen molar-refractivity contribution in [3.63, 3.8) is 0 Å². The number of halogens is 2. The van der Waals surface area contributed by atoms with Gasteiger partial charge in [-0.25, -0.2) is 0 Å². The van der Waals surface area contributed by atoms with Gasteiger partial charge >= 0.3 is 0 Å². The number of rotatable bonds is 6. The molecular formula is C13H18BrClN2. The van der Waals surface area contributed by atoms with Gasteiger partial charge in [-0.2, -0.15) is 0 Å². The smallest absolute Gasteiger partial charge is 0.0420 e. The van der Waals surface area contributed by atoms with E-state index in [0.29, 0.717) is 6.04 Å². The molecule has 2 nitrogen and oxygen atoms in total. The Bertz CT molecular complexity index is 359. The van der Waals surface area contributed by atoms with Crippen LogP contribution in [0.1, 0.15) is 25.3 Å². The van der Waals surface area contributed by atoms with E-state index in [1.54, 1.807) is 0 Å². The summed E-state index contributed by atoms with van der Waals surface area (Å²) in [6.07, 6.45) is 2.68. The van der Waals surface area contributed by atoms with Crippen LogP contribution in [0.4, 0.5) is 0 Å². The summed E-state index contributed by atoms with van der Waals surface area (Å²) in [5, 5.41) is 7.79. The van der Waals surface area contributed by atoms with Crippen molar-refractivity contribution >= 4 is 27.5 Å². The minimum atomic E-state index is 0.480. The van der Waals surface area contributed by atoms with Gasteiger partial charge in [0.05, 0.1) is 0 Å². The normalized spacial score (nSPS) is 17.1. The summed E-state index contributed by atoms with van der Waals surface area (Å²) in [5.41, 5.74) is 1.21. The van der Waals surface area contributed by atoms with Crippen LogP contribution in [0.5, 0.6) is 0 Å². The monoisotopic (exact) mass is 316 g/mol. The van der Waals surface area contributed by atoms with Gasteiger partial charge in [-0.1, -0.05) is 27.5 Å². The molecule has 0 bridgehead atoms. The molecule has 1 saturated carbocycles. The molecule has 17 heavy (non-hydrogen) atoms. The van der Waals surface area contributed by atoms with Crippen molar-refractivity contribution in [1.29, 1.82) is 0 Å². The molecule has 4 heteroatoms. The standard InChI is InChI=1S/C13H18BrClN2/c1-9(7-17-13-2-3-13)16-8-10-4-11(14)6-12(15)5-10/h4-6,9,13,16-17H,2-3,7-8H2,1H3. The van der Waals surface area contributed by atoms with Crippen LogP contribution in [0.3, 0.4) is 0 Å². The zero-order valence-corrected chi connectivity index (χ0v) is 12.3. The van der Waals surface area contributed by atoms with Crippen molar-refractivity contribution in [2.45, 2.75) is 38.4 Å². The van der Waals surface area contributed by atoms with Crippen molar-refractivity contribution in [2.75, 3.05) is 6.54 Å². The molecule has 0 radical (unpaired) electrons. The lowest BCUT2D eigenvalue weighted by Gasteiger charge is -2.14. The first-order chi connectivity index (χ1) is 8.13. The first-order valence-corrected chi connectivity index (χ1v) is 7.22. The summed E-state index contributed by atoms with van der Waals surface area (Å²) in [6, 6.07) is 7.26. The van der Waals surface area contributed by atoms with Crippen molar-refractivity contribution in [3.8, 4) is 0 Å². The Morgan fingerprint density at radius 1 is 1.41 bits per heavy atom. The Labute approximate surface area is 116 Å². The lowest BCUT2D eigenvalue weighted by atomic mass is 10.2. The third kappa shape index (κ3) is 4.96. The van der Waals surface area contributed by atoms with E-state index in [1.165, 1.54) is 18.4 Å². The molecule has 1 aliphatic carbocycles. The largest absolute Gasteiger partial charge is 0.312 e. The molecule has 2 rings (SSSR count). The summed E-state index contributed by atoms with van der Waals surface area (Å²) in [4.78, 5) is 0. The molecule has 0 amide bonds. The summed E-state index contributed by atoms with van der Waals surface area (Å²) >= 11 is 9.46. The zero-order valence-electron chi connectivity index (χ0n) is 9.97. The fraction of sp³-hybridized carbons (Fsp3) is 0.538. The van der Waals surface area contributed by atoms with Crippen molar-refractivity contribution in [3.05, 3.63) is 33.3 Å². The van der Waals surface area contributed by atoms with E-state index in [1.807, 2.05) is 12.1 Å². The summed E-state index contributed by atoms with van der Waals surface area (Å²) < 4.78 is 1.03. The number of hydrogen-bond donors (Lipinski definition) is 2. The highest BCUT2D eigenvalue weighted by atomic mass is 79.9. The average molecular weight is 318 g/mol. The van der Waals surface area contributed by atoms with Crippen LogP contribution in [-0.4, -0.2) is 18.6 Å². The van der Waals surface area contributed by atoms with Gasteiger partial charge in [0.25, 0.3) is 0 Å². The molecule has 0 aliphatic heterocycles. The predicted molar refractivity (Wildman–Crippen MR) is 76.5 cm³/mol. The van der Waals surface area contributed by atoms with Gasteiger partial charge in [-0.3, -0.25) is 0 Å². The molecule has 0 spiro atoms. The van der Waals surface area contributed by atoms with Gasteiger partial charge < -0.3 is 10.6 Å². The molecule has 1 aliphatic rings. The van der Waals surface area contributed by atoms with E-state index < -0.39 is 0 Å². The van der Waals surface area contributed by atoms with Crippen molar-refractivity contribution < 1.29 is 0 Å². The molecule has 1 aromatic carbocycles. The second-order valence-electron chi connectivity index (χ2n) is 4.74. The zero-order chi connectivity index (χ0) is 12.3. The van der Waals surface area contributed by atoms with Gasteiger partial charge in [0.15, 0.2) is 0 Å². The second-order valence-corrected chi connectivity index (χ2v) is 6.09. The maximum absolute atomic E-state index is 6.01. The fourth-order valence-corrected chi connectivity index (χ4v) is 2.64. The molecule has 1 atom stereocenters. The Kier molecular flexibility index (Phi) is 4.86. The Morgan fingerprint density at radius 2 is 2.18 bits per heavy atom. The van der Waals surface area contributed by atoms with Crippen LogP contribution in [0.15, 0.2) is 22.7 Å². The van der Waals surface area contributed by atoms with Crippen LogP contribution >= 0.6 is 27.5 Å². The minimum absolute atomic E-state index is 0.480. The SMILES string of the molecule is CC(CNC1CC1)NCc1cc(Cl)cc(Br)c1. The first-order valence-electron chi connectivity index (χ1n) is 6.05. The molecular weight excluding hydrogens is 300 g/mol. The van der Waals surface area contributed by atoms with E-state index in [-0.39, 0.29) is 0 Å². The predicted octanol–water partition coefficient (Wildman–Crippen LogP) is 3.33. The van der Waals surface area contributed by atoms with Gasteiger partial charge in [0, 0.05) is 34.7 Å². The van der Waals surface area contributed by atoms with E-state index >= 15 is 0 Å². The number of hydrogen-bond acceptors (Lipinski definition) is 2. The Hall–Kier alpha value is -0.0900. The lowest BCUT2D eigenvalue weighted by molar-refractivity contribution is 0.500. The highest BCUT2D eigenvalue weighted by Crippen LogP contribution is 2.20. The van der Waals surface area contributed by atoms with E-state index in [0.717, 1.165) is 28.6 Å². The molecule has 0 aromatic heterocycles. The molecule has 1 aromatic rings. The quantitative estimate of drug-likeness (QED) is 0.841. The van der Waals surface area contributed by atoms with E-state index in [4.69, 9.17) is 11.6 Å². The lowest BCUT2D eigenvalue weighted by Crippen LogP contribution is -2.36. The molecule has 2 N–H and O–H groups in total. The van der Waals surface area contributed by atoms with E-state index in [9.17, 15) is 0 Å². The van der Waals surface area contributed by atoms with Crippen LogP contribution in [0.2, 0.25) is 5.02 Å². The molecule has 0 saturated heterocycles. The summed E-state index contributed by atoms with van der Waals surface area (Å²) in [7, 11) is 0. The molecule has 0 heterocycles. The Balaban J connectivity index is 1.75. The summed E-state index contributed by atoms with van der Waals surface area (Å²) in [5.74, 6) is 0. The van der Waals surface area contributed by atoms with Crippen molar-refractivity contribution in [2.24, 2.45) is 0 Å². The topological polar surface area (TPSA) is 24.1 Å². The Morgan fingerprint density at radius 3 is 2.82 bits per heavy atom. The molecule has 94 valence electrons. The summed E-state index contributed by atoms with van der Waals surface area (Å²) in [6.45, 7) is 4.09. The van der Waals surface area contributed by atoms with Gasteiger partial charge in [-0.05, 0) is 43.5 Å². The van der Waals surface area contributed by atoms with Gasteiger partial charge in [0.2, 0.25) is 0 Å². The fourth-order valence-electron chi connectivity index (χ4n) is 1.71. The van der Waals surface area contributed by atoms with Crippen LogP contribution in [0, 0.1) is 0 Å². The second kappa shape index (κ2) is 6.19. The van der Waals surface area contributed by atoms with Gasteiger partial charge in [0.1, 0.15) is 0 Å². The number of benzene rings is 1. The third-order valence-corrected chi connectivity index (χ3v) is 3.54. The third-order valence-electron chi connectivity index (χ3n) is 2.87. The maximum Gasteiger partial charge on any atom is 0.0420 e. The van der Waals surface area contributed by atoms with Crippen LogP contribution in [0.25, 0.3) is 0 Å². The first kappa shape index (κ1) is 13.3. The van der Waals surface area contributed by atoms with Gasteiger partial charge in [-0.15, -0.1) is 0 Å². The minimum Gasteiger partial charge on any atom is -0.312 e. The van der Waals surface area contributed by atoms with E-state index in [2.05, 4.69) is 39.6 Å².